The first-order valence-electron chi connectivity index (χ1n) is 6.67. The molecule has 0 aliphatic rings. The predicted molar refractivity (Wildman–Crippen MR) is 84.5 cm³/mol. The molecule has 0 aliphatic heterocycles. The first-order chi connectivity index (χ1) is 9.56. The van der Waals surface area contributed by atoms with Crippen molar-refractivity contribution < 1.29 is 17.4 Å². The van der Waals surface area contributed by atoms with Gasteiger partial charge in [-0.2, -0.15) is 4.98 Å². The van der Waals surface area contributed by atoms with Crippen LogP contribution in [-0.2, 0) is 0 Å². The molecule has 1 aromatic heterocycles. The third-order valence-electron chi connectivity index (χ3n) is 3.48. The zero-order valence-corrected chi connectivity index (χ0v) is 13.4. The van der Waals surface area contributed by atoms with E-state index in [0.717, 1.165) is 33.4 Å². The van der Waals surface area contributed by atoms with Crippen molar-refractivity contribution in [3.05, 3.63) is 36.4 Å². The molecule has 0 unspecified atom stereocenters. The molecule has 5 heteroatoms. The van der Waals surface area contributed by atoms with E-state index in [1.54, 1.807) is 0 Å². The van der Waals surface area contributed by atoms with E-state index in [4.69, 9.17) is 4.98 Å². The number of nitrogens with one attached hydrogen (secondary N) is 1. The van der Waals surface area contributed by atoms with E-state index in [2.05, 4.69) is 47.1 Å². The summed E-state index contributed by atoms with van der Waals surface area (Å²) >= 11 is 0. The molecule has 0 atom stereocenters. The Bertz CT molecular complexity index is 784. The highest BCUT2D eigenvalue weighted by molar-refractivity contribution is 5.92. The van der Waals surface area contributed by atoms with Crippen molar-refractivity contribution in [2.75, 3.05) is 38.0 Å². The van der Waals surface area contributed by atoms with Crippen LogP contribution in [0.1, 0.15) is 0 Å². The van der Waals surface area contributed by atoms with Crippen LogP contribution in [0.15, 0.2) is 36.4 Å². The van der Waals surface area contributed by atoms with Crippen molar-refractivity contribution >= 4 is 33.4 Å². The van der Waals surface area contributed by atoms with E-state index in [-0.39, 0.29) is 12.4 Å². The zero-order chi connectivity index (χ0) is 14.3. The minimum Gasteiger partial charge on any atom is -1.00 e. The van der Waals surface area contributed by atoms with Crippen molar-refractivity contribution in [2.24, 2.45) is 0 Å². The second-order valence-corrected chi connectivity index (χ2v) is 5.40. The van der Waals surface area contributed by atoms with Gasteiger partial charge in [0.1, 0.15) is 16.7 Å². The van der Waals surface area contributed by atoms with Gasteiger partial charge in [-0.25, -0.2) is 4.98 Å². The summed E-state index contributed by atoms with van der Waals surface area (Å²) in [5.74, 6) is 0. The van der Waals surface area contributed by atoms with Crippen LogP contribution >= 0.6 is 0 Å². The van der Waals surface area contributed by atoms with Gasteiger partial charge in [0.15, 0.2) is 0 Å². The number of fused-ring (bicyclic) bond motifs is 2. The topological polar surface area (TPSA) is 33.5 Å². The van der Waals surface area contributed by atoms with Crippen molar-refractivity contribution in [3.8, 4) is 0 Å². The van der Waals surface area contributed by atoms with E-state index in [1.807, 2.05) is 32.3 Å². The van der Waals surface area contributed by atoms with Gasteiger partial charge >= 0.3 is 0 Å². The number of para-hydroxylation sites is 2. The van der Waals surface area contributed by atoms with Crippen LogP contribution < -0.4 is 27.2 Å². The van der Waals surface area contributed by atoms with Gasteiger partial charge in [0.25, 0.3) is 5.52 Å². The van der Waals surface area contributed by atoms with Gasteiger partial charge in [0.2, 0.25) is 5.52 Å². The summed E-state index contributed by atoms with van der Waals surface area (Å²) < 4.78 is 0. The maximum atomic E-state index is 4.78. The fourth-order valence-electron chi connectivity index (χ4n) is 2.37. The van der Waals surface area contributed by atoms with Crippen LogP contribution in [0.25, 0.3) is 22.1 Å². The van der Waals surface area contributed by atoms with Crippen LogP contribution in [0.2, 0.25) is 0 Å². The third-order valence-corrected chi connectivity index (χ3v) is 3.48. The molecule has 1 N–H and O–H groups in total. The van der Waals surface area contributed by atoms with Crippen molar-refractivity contribution in [2.45, 2.75) is 0 Å². The van der Waals surface area contributed by atoms with Gasteiger partial charge in [-0.1, -0.05) is 12.1 Å². The Hall–Kier alpha value is -2.07. The van der Waals surface area contributed by atoms with Gasteiger partial charge in [-0.15, -0.1) is 0 Å². The second kappa shape index (κ2) is 5.74. The fourth-order valence-corrected chi connectivity index (χ4v) is 2.37. The minimum absolute atomic E-state index is 0. The molecule has 21 heavy (non-hydrogen) atoms. The van der Waals surface area contributed by atoms with Crippen molar-refractivity contribution in [3.63, 3.8) is 0 Å². The number of halogens is 1. The minimum atomic E-state index is 0. The summed E-state index contributed by atoms with van der Waals surface area (Å²) in [7, 11) is 8.20. The molecule has 3 aromatic rings. The molecule has 2 aromatic carbocycles. The molecule has 0 spiro atoms. The lowest BCUT2D eigenvalue weighted by Crippen LogP contribution is -3.00. The monoisotopic (exact) mass is 302 g/mol. The second-order valence-electron chi connectivity index (χ2n) is 5.40. The molecule has 0 fully saturated rings. The molecule has 0 saturated heterocycles. The maximum absolute atomic E-state index is 4.78. The van der Waals surface area contributed by atoms with Crippen LogP contribution in [0.5, 0.6) is 0 Å². The smallest absolute Gasteiger partial charge is 0.253 e. The predicted octanol–water partition coefficient (Wildman–Crippen LogP) is -0.662. The Morgan fingerprint density at radius 2 is 1.62 bits per heavy atom. The van der Waals surface area contributed by atoms with Gasteiger partial charge in [0.05, 0.1) is 0 Å². The van der Waals surface area contributed by atoms with Gasteiger partial charge < -0.3 is 22.2 Å². The third kappa shape index (κ3) is 2.72. The molecule has 110 valence electrons. The lowest BCUT2D eigenvalue weighted by molar-refractivity contribution is -0.310. The van der Waals surface area contributed by atoms with Gasteiger partial charge in [-0.05, 0) is 18.2 Å². The van der Waals surface area contributed by atoms with Crippen molar-refractivity contribution in [1.82, 2.24) is 4.98 Å². The number of hydrogen-bond donors (Lipinski definition) is 0. The van der Waals surface area contributed by atoms with Crippen LogP contribution in [0.4, 0.5) is 11.4 Å². The zero-order valence-electron chi connectivity index (χ0n) is 12.7. The van der Waals surface area contributed by atoms with Gasteiger partial charge in [0, 0.05) is 39.9 Å². The first kappa shape index (κ1) is 15.3. The summed E-state index contributed by atoms with van der Waals surface area (Å²) in [5, 5.41) is 0. The van der Waals surface area contributed by atoms with E-state index in [1.165, 1.54) is 0 Å². The summed E-state index contributed by atoms with van der Waals surface area (Å²) in [6.07, 6.45) is 0. The summed E-state index contributed by atoms with van der Waals surface area (Å²) in [6, 6.07) is 12.4. The van der Waals surface area contributed by atoms with E-state index in [0.29, 0.717) is 0 Å². The maximum Gasteiger partial charge on any atom is 0.253 e. The number of benzene rings is 2. The molecule has 3 rings (SSSR count). The molecule has 0 bridgehead atoms. The summed E-state index contributed by atoms with van der Waals surface area (Å²) in [5.41, 5.74) is 6.39. The summed E-state index contributed by atoms with van der Waals surface area (Å²) in [4.78, 5) is 12.5. The quantitative estimate of drug-likeness (QED) is 0.589. The number of aromatic nitrogens is 2. The standard InChI is InChI=1S/C16H18N4.ClH/c1-19(2)11-9-14-16(15(10-11)20(3)4)18-13-8-6-5-7-12(13)17-14;/h5-10H,1-4H3;1H. The van der Waals surface area contributed by atoms with Gasteiger partial charge in [-0.3, -0.25) is 0 Å². The van der Waals surface area contributed by atoms with E-state index >= 15 is 0 Å². The fraction of sp³-hybridized carbons (Fsp3) is 0.250. The highest BCUT2D eigenvalue weighted by Crippen LogP contribution is 2.28. The first-order valence-corrected chi connectivity index (χ1v) is 6.67. The SMILES string of the molecule is CN(C)c1cc(N(C)C)c2[nH+]c3ccccc3nc2c1.[Cl-]. The number of hydrogen-bond acceptors (Lipinski definition) is 3. The number of rotatable bonds is 2. The number of anilines is 2. The van der Waals surface area contributed by atoms with Crippen LogP contribution in [0.3, 0.4) is 0 Å². The Morgan fingerprint density at radius 3 is 2.29 bits per heavy atom. The average Bonchev–Trinajstić information content (AvgIpc) is 2.43. The molecule has 0 radical (unpaired) electrons. The molecule has 0 saturated carbocycles. The number of nitrogens with zero attached hydrogens (tertiary/aromatic N) is 3. The highest BCUT2D eigenvalue weighted by Gasteiger charge is 2.16. The number of H-pyrrole nitrogens is 1. The molecular weight excluding hydrogens is 284 g/mol. The normalized spacial score (nSPS) is 10.5. The van der Waals surface area contributed by atoms with Crippen LogP contribution in [-0.4, -0.2) is 33.2 Å². The Labute approximate surface area is 130 Å². The molecular formula is C16H19ClN4. The highest BCUT2D eigenvalue weighted by atomic mass is 35.5. The Morgan fingerprint density at radius 1 is 0.905 bits per heavy atom. The molecule has 4 nitrogen and oxygen atoms in total. The largest absolute Gasteiger partial charge is 1.00 e. The lowest BCUT2D eigenvalue weighted by Gasteiger charge is -2.17. The summed E-state index contributed by atoms with van der Waals surface area (Å²) in [6.45, 7) is 0. The average molecular weight is 303 g/mol. The lowest BCUT2D eigenvalue weighted by atomic mass is 10.2. The van der Waals surface area contributed by atoms with E-state index < -0.39 is 0 Å². The van der Waals surface area contributed by atoms with Crippen molar-refractivity contribution in [1.29, 1.82) is 0 Å². The van der Waals surface area contributed by atoms with Crippen LogP contribution in [0, 0.1) is 0 Å². The number of aromatic amines is 1. The molecule has 1 heterocycles. The molecule has 0 aliphatic carbocycles. The Balaban J connectivity index is 0.00000161. The molecule has 0 amide bonds. The Kier molecular flexibility index (Phi) is 4.19. The van der Waals surface area contributed by atoms with E-state index in [9.17, 15) is 0 Å².